The third-order valence-electron chi connectivity index (χ3n) is 6.13. The number of piperidine rings is 1. The highest BCUT2D eigenvalue weighted by atomic mass is 16.8. The molecular formula is C25H30N2O5. The number of nitrogens with zero attached hydrogens (tertiary/aromatic N) is 1. The van der Waals surface area contributed by atoms with Gasteiger partial charge in [0.15, 0.2) is 5.79 Å². The van der Waals surface area contributed by atoms with E-state index in [2.05, 4.69) is 5.32 Å². The number of fused-ring (bicyclic) bond motifs is 1. The summed E-state index contributed by atoms with van der Waals surface area (Å²) >= 11 is 0. The number of amides is 1. The first kappa shape index (κ1) is 22.5. The van der Waals surface area contributed by atoms with Gasteiger partial charge in [0.05, 0.1) is 5.56 Å². The van der Waals surface area contributed by atoms with Crippen molar-refractivity contribution in [1.82, 2.24) is 10.2 Å². The zero-order valence-electron chi connectivity index (χ0n) is 18.9. The molecule has 2 saturated heterocycles. The van der Waals surface area contributed by atoms with Gasteiger partial charge in [-0.2, -0.15) is 0 Å². The zero-order valence-corrected chi connectivity index (χ0v) is 18.9. The molecule has 2 aromatic rings. The Kier molecular flexibility index (Phi) is 6.33. The van der Waals surface area contributed by atoms with Gasteiger partial charge >= 0.3 is 5.97 Å². The Morgan fingerprint density at radius 1 is 1.00 bits per heavy atom. The minimum Gasteiger partial charge on any atom is -0.454 e. The van der Waals surface area contributed by atoms with Crippen LogP contribution in [0.2, 0.25) is 0 Å². The first-order valence-electron chi connectivity index (χ1n) is 10.9. The fourth-order valence-corrected chi connectivity index (χ4v) is 4.64. The summed E-state index contributed by atoms with van der Waals surface area (Å²) < 4.78 is 18.4. The normalized spacial score (nSPS) is 29.2. The Hall–Kier alpha value is -2.74. The molecule has 32 heavy (non-hydrogen) atoms. The highest BCUT2D eigenvalue weighted by Gasteiger charge is 2.59. The Labute approximate surface area is 188 Å². The monoisotopic (exact) mass is 438 g/mol. The van der Waals surface area contributed by atoms with Crippen molar-refractivity contribution in [1.29, 1.82) is 0 Å². The zero-order chi connectivity index (χ0) is 22.9. The largest absolute Gasteiger partial charge is 0.454 e. The number of rotatable bonds is 5. The van der Waals surface area contributed by atoms with Gasteiger partial charge in [0.25, 0.3) is 0 Å². The smallest absolute Gasteiger partial charge is 0.338 e. The standard InChI is InChI=1S/C25H30N2O5/c1-16-20(30-24(29)18-13-9-6-10-14-18)22-21(31-25(2,3)32-22)19(23(28)26-4)27(16)15-17-11-7-5-8-12-17/h5-14,16,19-22H,15H2,1-4H3,(H,26,28)/t16-,19+,20-,21-,22+/m1/s1. The van der Waals surface area contributed by atoms with E-state index in [0.29, 0.717) is 12.1 Å². The van der Waals surface area contributed by atoms with Crippen molar-refractivity contribution in [2.24, 2.45) is 0 Å². The summed E-state index contributed by atoms with van der Waals surface area (Å²) in [5.41, 5.74) is 1.52. The van der Waals surface area contributed by atoms with Crippen molar-refractivity contribution in [2.45, 2.75) is 63.5 Å². The van der Waals surface area contributed by atoms with Gasteiger partial charge in [-0.1, -0.05) is 48.5 Å². The van der Waals surface area contributed by atoms with Gasteiger partial charge in [-0.15, -0.1) is 0 Å². The molecule has 0 bridgehead atoms. The molecule has 2 fully saturated rings. The summed E-state index contributed by atoms with van der Waals surface area (Å²) in [5.74, 6) is -1.48. The van der Waals surface area contributed by atoms with Crippen molar-refractivity contribution in [3.05, 3.63) is 71.8 Å². The van der Waals surface area contributed by atoms with Crippen LogP contribution in [0.1, 0.15) is 36.7 Å². The molecule has 1 amide bonds. The minimum atomic E-state index is -0.901. The van der Waals surface area contributed by atoms with Gasteiger partial charge in [0.1, 0.15) is 24.4 Å². The second-order valence-corrected chi connectivity index (χ2v) is 8.76. The van der Waals surface area contributed by atoms with E-state index in [0.717, 1.165) is 5.56 Å². The number of esters is 1. The fraction of sp³-hybridized carbons (Fsp3) is 0.440. The van der Waals surface area contributed by atoms with Crippen LogP contribution in [0.5, 0.6) is 0 Å². The molecule has 5 atom stereocenters. The molecule has 0 aromatic heterocycles. The quantitative estimate of drug-likeness (QED) is 0.724. The van der Waals surface area contributed by atoms with Crippen LogP contribution in [0.25, 0.3) is 0 Å². The van der Waals surface area contributed by atoms with E-state index in [-0.39, 0.29) is 11.9 Å². The predicted molar refractivity (Wildman–Crippen MR) is 119 cm³/mol. The lowest BCUT2D eigenvalue weighted by Crippen LogP contribution is -2.68. The number of carbonyl (C=O) groups excluding carboxylic acids is 2. The number of likely N-dealkylation sites (tertiary alicyclic amines) is 1. The molecule has 2 aliphatic heterocycles. The Morgan fingerprint density at radius 2 is 1.59 bits per heavy atom. The molecule has 0 aliphatic carbocycles. The molecule has 0 saturated carbocycles. The van der Waals surface area contributed by atoms with Crippen LogP contribution in [0.4, 0.5) is 0 Å². The molecule has 2 heterocycles. The second-order valence-electron chi connectivity index (χ2n) is 8.76. The molecule has 1 N–H and O–H groups in total. The van der Waals surface area contributed by atoms with Crippen molar-refractivity contribution in [2.75, 3.05) is 7.05 Å². The maximum atomic E-state index is 13.0. The van der Waals surface area contributed by atoms with E-state index in [4.69, 9.17) is 14.2 Å². The SMILES string of the molecule is CNC(=O)[C@@H]1[C@H]2OC(C)(C)O[C@H]2[C@H](OC(=O)c2ccccc2)[C@@H](C)N1Cc1ccccc1. The van der Waals surface area contributed by atoms with E-state index >= 15 is 0 Å². The highest BCUT2D eigenvalue weighted by Crippen LogP contribution is 2.40. The molecule has 170 valence electrons. The third kappa shape index (κ3) is 4.41. The van der Waals surface area contributed by atoms with Crippen LogP contribution in [0, 0.1) is 0 Å². The van der Waals surface area contributed by atoms with E-state index in [9.17, 15) is 9.59 Å². The number of hydrogen-bond acceptors (Lipinski definition) is 6. The van der Waals surface area contributed by atoms with Crippen LogP contribution in [0.3, 0.4) is 0 Å². The van der Waals surface area contributed by atoms with Gasteiger partial charge in [0.2, 0.25) is 5.91 Å². The third-order valence-corrected chi connectivity index (χ3v) is 6.13. The van der Waals surface area contributed by atoms with Crippen LogP contribution < -0.4 is 5.32 Å². The molecule has 2 aromatic carbocycles. The van der Waals surface area contributed by atoms with Crippen LogP contribution in [-0.4, -0.2) is 60.0 Å². The number of hydrogen-bond donors (Lipinski definition) is 1. The minimum absolute atomic E-state index is 0.156. The second kappa shape index (κ2) is 9.02. The topological polar surface area (TPSA) is 77.1 Å². The molecule has 2 aliphatic rings. The lowest BCUT2D eigenvalue weighted by Gasteiger charge is -2.47. The first-order valence-corrected chi connectivity index (χ1v) is 10.9. The highest BCUT2D eigenvalue weighted by molar-refractivity contribution is 5.89. The van der Waals surface area contributed by atoms with Gasteiger partial charge in [-0.25, -0.2) is 4.79 Å². The number of benzene rings is 2. The Morgan fingerprint density at radius 3 is 2.22 bits per heavy atom. The summed E-state index contributed by atoms with van der Waals surface area (Å²) in [5, 5.41) is 2.77. The number of nitrogens with one attached hydrogen (secondary N) is 1. The van der Waals surface area contributed by atoms with Crippen LogP contribution in [-0.2, 0) is 25.5 Å². The summed E-state index contributed by atoms with van der Waals surface area (Å²) in [7, 11) is 1.62. The molecule has 0 spiro atoms. The van der Waals surface area contributed by atoms with Gasteiger partial charge in [0, 0.05) is 19.6 Å². The van der Waals surface area contributed by atoms with Gasteiger partial charge in [-0.05, 0) is 38.5 Å². The maximum absolute atomic E-state index is 13.0. The summed E-state index contributed by atoms with van der Waals surface area (Å²) in [4.78, 5) is 28.0. The molecular weight excluding hydrogens is 408 g/mol. The maximum Gasteiger partial charge on any atom is 0.338 e. The summed E-state index contributed by atoms with van der Waals surface area (Å²) in [6.07, 6.45) is -1.76. The van der Waals surface area contributed by atoms with Crippen molar-refractivity contribution < 1.29 is 23.8 Å². The number of carbonyl (C=O) groups is 2. The predicted octanol–water partition coefficient (Wildman–Crippen LogP) is 2.75. The van der Waals surface area contributed by atoms with Gasteiger partial charge < -0.3 is 19.5 Å². The van der Waals surface area contributed by atoms with E-state index < -0.39 is 36.1 Å². The Balaban J connectivity index is 1.69. The molecule has 7 heteroatoms. The average molecular weight is 439 g/mol. The van der Waals surface area contributed by atoms with Crippen LogP contribution in [0.15, 0.2) is 60.7 Å². The lowest BCUT2D eigenvalue weighted by molar-refractivity contribution is -0.155. The number of likely N-dealkylation sites (N-methyl/N-ethyl adjacent to an activating group) is 1. The van der Waals surface area contributed by atoms with Crippen molar-refractivity contribution >= 4 is 11.9 Å². The van der Waals surface area contributed by atoms with Crippen LogP contribution >= 0.6 is 0 Å². The molecule has 0 unspecified atom stereocenters. The van der Waals surface area contributed by atoms with Crippen molar-refractivity contribution in [3.63, 3.8) is 0 Å². The average Bonchev–Trinajstić information content (AvgIpc) is 3.12. The fourth-order valence-electron chi connectivity index (χ4n) is 4.64. The summed E-state index contributed by atoms with van der Waals surface area (Å²) in [6.45, 7) is 6.10. The molecule has 4 rings (SSSR count). The number of ether oxygens (including phenoxy) is 3. The Bertz CT molecular complexity index is 949. The van der Waals surface area contributed by atoms with E-state index in [1.54, 1.807) is 31.3 Å². The first-order chi connectivity index (χ1) is 15.3. The molecule has 7 nitrogen and oxygen atoms in total. The van der Waals surface area contributed by atoms with E-state index in [1.807, 2.05) is 62.1 Å². The van der Waals surface area contributed by atoms with Gasteiger partial charge in [-0.3, -0.25) is 9.69 Å². The molecule has 0 radical (unpaired) electrons. The lowest BCUT2D eigenvalue weighted by atomic mass is 9.87. The van der Waals surface area contributed by atoms with Crippen molar-refractivity contribution in [3.8, 4) is 0 Å². The summed E-state index contributed by atoms with van der Waals surface area (Å²) in [6, 6.07) is 17.9. The van der Waals surface area contributed by atoms with E-state index in [1.165, 1.54) is 0 Å².